The van der Waals surface area contributed by atoms with E-state index < -0.39 is 5.54 Å². The van der Waals surface area contributed by atoms with E-state index in [1.165, 1.54) is 0 Å². The van der Waals surface area contributed by atoms with Gasteiger partial charge in [0.2, 0.25) is 0 Å². The lowest BCUT2D eigenvalue weighted by atomic mass is 9.90. The Kier molecular flexibility index (Phi) is 3.95. The summed E-state index contributed by atoms with van der Waals surface area (Å²) >= 11 is 0. The molecule has 0 spiro atoms. The van der Waals surface area contributed by atoms with Crippen LogP contribution in [0, 0.1) is 0 Å². The lowest BCUT2D eigenvalue weighted by molar-refractivity contribution is -0.139. The number of rotatable bonds is 3. The molecule has 23 heavy (non-hydrogen) atoms. The molecule has 2 aromatic carbocycles. The van der Waals surface area contributed by atoms with Gasteiger partial charge in [0.1, 0.15) is 5.76 Å². The van der Waals surface area contributed by atoms with Crippen LogP contribution in [-0.4, -0.2) is 17.5 Å². The van der Waals surface area contributed by atoms with Crippen molar-refractivity contribution in [2.24, 2.45) is 0 Å². The number of nitrogens with zero attached hydrogens (tertiary/aromatic N) is 1. The molecule has 3 heteroatoms. The highest BCUT2D eigenvalue weighted by Crippen LogP contribution is 2.35. The van der Waals surface area contributed by atoms with Crippen LogP contribution in [0.4, 0.5) is 0 Å². The molecular weight excluding hydrogens is 286 g/mol. The second kappa shape index (κ2) is 5.92. The van der Waals surface area contributed by atoms with Crippen LogP contribution in [0.25, 0.3) is 5.57 Å². The molecule has 0 saturated heterocycles. The van der Waals surface area contributed by atoms with Gasteiger partial charge in [-0.05, 0) is 31.9 Å². The summed E-state index contributed by atoms with van der Waals surface area (Å²) in [7, 11) is 0. The van der Waals surface area contributed by atoms with E-state index in [0.717, 1.165) is 11.1 Å². The van der Waals surface area contributed by atoms with Gasteiger partial charge in [-0.15, -0.1) is 0 Å². The van der Waals surface area contributed by atoms with Crippen molar-refractivity contribution in [3.8, 4) is 0 Å². The molecule has 0 aromatic heterocycles. The largest absolute Gasteiger partial charge is 0.477 e. The minimum absolute atomic E-state index is 0.00815. The maximum absolute atomic E-state index is 13.1. The maximum atomic E-state index is 13.1. The Balaban J connectivity index is 2.00. The van der Waals surface area contributed by atoms with E-state index in [1.807, 2.05) is 81.4 Å². The van der Waals surface area contributed by atoms with Crippen molar-refractivity contribution in [1.29, 1.82) is 0 Å². The first-order chi connectivity index (χ1) is 11.0. The van der Waals surface area contributed by atoms with E-state index in [9.17, 15) is 4.79 Å². The van der Waals surface area contributed by atoms with E-state index in [4.69, 9.17) is 4.74 Å². The van der Waals surface area contributed by atoms with Gasteiger partial charge in [-0.1, -0.05) is 60.7 Å². The molecule has 0 saturated carbocycles. The molecule has 2 aromatic rings. The molecule has 1 aliphatic rings. The van der Waals surface area contributed by atoms with Crippen LogP contribution in [0.1, 0.15) is 31.9 Å². The van der Waals surface area contributed by atoms with Crippen LogP contribution in [-0.2, 0) is 15.1 Å². The zero-order chi connectivity index (χ0) is 16.4. The molecule has 0 radical (unpaired) electrons. The number of amides is 1. The Morgan fingerprint density at radius 3 is 2.13 bits per heavy atom. The smallest absolute Gasteiger partial charge is 0.261 e. The highest BCUT2D eigenvalue weighted by molar-refractivity contribution is 6.20. The third-order valence-electron chi connectivity index (χ3n) is 4.44. The number of carbonyl (C=O) groups excluding carboxylic acids is 1. The Hall–Kier alpha value is -2.55. The monoisotopic (exact) mass is 307 g/mol. The van der Waals surface area contributed by atoms with E-state index in [-0.39, 0.29) is 12.6 Å². The van der Waals surface area contributed by atoms with E-state index >= 15 is 0 Å². The van der Waals surface area contributed by atoms with Crippen molar-refractivity contribution in [3.05, 3.63) is 77.5 Å². The fourth-order valence-corrected chi connectivity index (χ4v) is 2.93. The third kappa shape index (κ3) is 2.74. The quantitative estimate of drug-likeness (QED) is 0.852. The normalized spacial score (nSPS) is 15.6. The van der Waals surface area contributed by atoms with E-state index in [0.29, 0.717) is 11.3 Å². The molecule has 0 atom stereocenters. The van der Waals surface area contributed by atoms with E-state index in [2.05, 4.69) is 0 Å². The second-order valence-corrected chi connectivity index (χ2v) is 6.23. The summed E-state index contributed by atoms with van der Waals surface area (Å²) < 4.78 is 5.82. The summed E-state index contributed by atoms with van der Waals surface area (Å²) in [4.78, 5) is 14.9. The van der Waals surface area contributed by atoms with Gasteiger partial charge >= 0.3 is 0 Å². The SMILES string of the molecule is CC1=C(c2ccccc2)C(=O)N(C(C)(C)c2ccccc2)CO1. The van der Waals surface area contributed by atoms with Gasteiger partial charge in [0.15, 0.2) is 6.73 Å². The van der Waals surface area contributed by atoms with Crippen molar-refractivity contribution < 1.29 is 9.53 Å². The third-order valence-corrected chi connectivity index (χ3v) is 4.44. The van der Waals surface area contributed by atoms with E-state index in [1.54, 1.807) is 4.90 Å². The number of ether oxygens (including phenoxy) is 1. The molecule has 0 unspecified atom stereocenters. The molecule has 0 N–H and O–H groups in total. The average Bonchev–Trinajstić information content (AvgIpc) is 2.56. The molecule has 0 bridgehead atoms. The fraction of sp³-hybridized carbons (Fsp3) is 0.250. The van der Waals surface area contributed by atoms with Gasteiger partial charge in [0.05, 0.1) is 11.1 Å². The van der Waals surface area contributed by atoms with Crippen LogP contribution in [0.15, 0.2) is 66.4 Å². The van der Waals surface area contributed by atoms with Crippen LogP contribution in [0.2, 0.25) is 0 Å². The van der Waals surface area contributed by atoms with Crippen molar-refractivity contribution in [2.45, 2.75) is 26.3 Å². The first kappa shape index (κ1) is 15.3. The zero-order valence-electron chi connectivity index (χ0n) is 13.7. The summed E-state index contributed by atoms with van der Waals surface area (Å²) in [6.45, 7) is 6.22. The predicted octanol–water partition coefficient (Wildman–Crippen LogP) is 4.17. The van der Waals surface area contributed by atoms with Crippen molar-refractivity contribution >= 4 is 11.5 Å². The number of allylic oxidation sites excluding steroid dienone is 1. The topological polar surface area (TPSA) is 29.5 Å². The second-order valence-electron chi connectivity index (χ2n) is 6.23. The average molecular weight is 307 g/mol. The summed E-state index contributed by atoms with van der Waals surface area (Å²) in [6, 6.07) is 19.7. The Labute approximate surface area is 137 Å². The highest BCUT2D eigenvalue weighted by Gasteiger charge is 2.38. The number of hydrogen-bond acceptors (Lipinski definition) is 2. The molecule has 0 fully saturated rings. The molecule has 3 nitrogen and oxygen atoms in total. The Morgan fingerprint density at radius 2 is 1.52 bits per heavy atom. The van der Waals surface area contributed by atoms with Crippen LogP contribution >= 0.6 is 0 Å². The molecule has 0 aliphatic carbocycles. The van der Waals surface area contributed by atoms with Gasteiger partial charge in [-0.25, -0.2) is 0 Å². The number of benzene rings is 2. The minimum Gasteiger partial charge on any atom is -0.477 e. The van der Waals surface area contributed by atoms with Gasteiger partial charge in [-0.3, -0.25) is 9.69 Å². The van der Waals surface area contributed by atoms with Crippen molar-refractivity contribution in [2.75, 3.05) is 6.73 Å². The minimum atomic E-state index is -0.445. The molecule has 1 amide bonds. The molecule has 118 valence electrons. The van der Waals surface area contributed by atoms with Crippen LogP contribution < -0.4 is 0 Å². The first-order valence-electron chi connectivity index (χ1n) is 7.78. The summed E-state index contributed by atoms with van der Waals surface area (Å²) in [6.07, 6.45) is 0. The maximum Gasteiger partial charge on any atom is 0.261 e. The van der Waals surface area contributed by atoms with Crippen LogP contribution in [0.3, 0.4) is 0 Å². The molecule has 1 aliphatic heterocycles. The number of hydrogen-bond donors (Lipinski definition) is 0. The summed E-state index contributed by atoms with van der Waals surface area (Å²) in [5, 5.41) is 0. The van der Waals surface area contributed by atoms with Crippen molar-refractivity contribution in [3.63, 3.8) is 0 Å². The molecule has 1 heterocycles. The summed E-state index contributed by atoms with van der Waals surface area (Å²) in [5.74, 6) is 0.690. The molecule has 3 rings (SSSR count). The lowest BCUT2D eigenvalue weighted by Gasteiger charge is -2.41. The number of carbonyl (C=O) groups is 1. The van der Waals surface area contributed by atoms with Gasteiger partial charge < -0.3 is 4.74 Å². The highest BCUT2D eigenvalue weighted by atomic mass is 16.5. The van der Waals surface area contributed by atoms with Gasteiger partial charge in [-0.2, -0.15) is 0 Å². The first-order valence-corrected chi connectivity index (χ1v) is 7.78. The van der Waals surface area contributed by atoms with Gasteiger partial charge in [0.25, 0.3) is 5.91 Å². The Morgan fingerprint density at radius 1 is 0.957 bits per heavy atom. The molecular formula is C20H21NO2. The predicted molar refractivity (Wildman–Crippen MR) is 91.3 cm³/mol. The summed E-state index contributed by atoms with van der Waals surface area (Å²) in [5.41, 5.74) is 2.17. The van der Waals surface area contributed by atoms with Crippen molar-refractivity contribution in [1.82, 2.24) is 4.90 Å². The van der Waals surface area contributed by atoms with Crippen LogP contribution in [0.5, 0.6) is 0 Å². The lowest BCUT2D eigenvalue weighted by Crippen LogP contribution is -2.49. The zero-order valence-corrected chi connectivity index (χ0v) is 13.7. The Bertz CT molecular complexity index is 733. The standard InChI is InChI=1S/C20H21NO2/c1-15-18(16-10-6-4-7-11-16)19(22)21(14-23-15)20(2,3)17-12-8-5-9-13-17/h4-13H,14H2,1-3H3. The van der Waals surface area contributed by atoms with Gasteiger partial charge in [0, 0.05) is 0 Å². The fourth-order valence-electron chi connectivity index (χ4n) is 2.93.